The van der Waals surface area contributed by atoms with Crippen LogP contribution in [0.15, 0.2) is 5.38 Å². The lowest BCUT2D eigenvalue weighted by atomic mass is 10.1. The van der Waals surface area contributed by atoms with Gasteiger partial charge in [-0.1, -0.05) is 11.4 Å². The molecule has 0 aliphatic heterocycles. The molecule has 0 spiro atoms. The summed E-state index contributed by atoms with van der Waals surface area (Å²) >= 11 is 1.21. The van der Waals surface area contributed by atoms with Crippen molar-refractivity contribution in [3.63, 3.8) is 0 Å². The molecular formula is C8H14N4OS. The van der Waals surface area contributed by atoms with Gasteiger partial charge in [0.25, 0.3) is 0 Å². The minimum Gasteiger partial charge on any atom is -0.307 e. The second kappa shape index (κ2) is 4.47. The van der Waals surface area contributed by atoms with Gasteiger partial charge in [0.15, 0.2) is 5.82 Å². The Morgan fingerprint density at radius 1 is 1.64 bits per heavy atom. The molecule has 0 aliphatic rings. The van der Waals surface area contributed by atoms with Gasteiger partial charge in [-0.05, 0) is 31.9 Å². The summed E-state index contributed by atoms with van der Waals surface area (Å²) in [5.74, 6) is 0.401. The Kier molecular flexibility index (Phi) is 3.54. The van der Waals surface area contributed by atoms with Crippen molar-refractivity contribution in [1.82, 2.24) is 14.9 Å². The Bertz CT molecular complexity index is 296. The molecule has 14 heavy (non-hydrogen) atoms. The smallest absolute Gasteiger partial charge is 0.245 e. The van der Waals surface area contributed by atoms with E-state index in [2.05, 4.69) is 20.2 Å². The van der Waals surface area contributed by atoms with Crippen LogP contribution in [0.4, 0.5) is 5.82 Å². The highest BCUT2D eigenvalue weighted by Crippen LogP contribution is 2.08. The summed E-state index contributed by atoms with van der Waals surface area (Å²) in [5, 5.41) is 11.2. The zero-order valence-electron chi connectivity index (χ0n) is 8.50. The fourth-order valence-corrected chi connectivity index (χ4v) is 1.40. The third kappa shape index (κ3) is 2.74. The van der Waals surface area contributed by atoms with Gasteiger partial charge in [0.05, 0.1) is 10.9 Å². The number of carbonyl (C=O) groups is 1. The van der Waals surface area contributed by atoms with E-state index in [0.717, 1.165) is 6.54 Å². The Morgan fingerprint density at radius 3 is 2.86 bits per heavy atom. The minimum absolute atomic E-state index is 0.105. The first-order valence-corrected chi connectivity index (χ1v) is 5.23. The van der Waals surface area contributed by atoms with Crippen LogP contribution in [0, 0.1) is 0 Å². The number of hydrogen-bond acceptors (Lipinski definition) is 5. The van der Waals surface area contributed by atoms with Gasteiger partial charge in [0.2, 0.25) is 5.91 Å². The molecule has 1 heterocycles. The van der Waals surface area contributed by atoms with Gasteiger partial charge < -0.3 is 10.6 Å². The zero-order chi connectivity index (χ0) is 10.6. The molecular weight excluding hydrogens is 200 g/mol. The largest absolute Gasteiger partial charge is 0.307 e. The molecule has 1 aromatic rings. The van der Waals surface area contributed by atoms with E-state index in [1.807, 2.05) is 20.8 Å². The molecule has 2 N–H and O–H groups in total. The number of hydrogen-bond donors (Lipinski definition) is 2. The van der Waals surface area contributed by atoms with Crippen LogP contribution in [0.5, 0.6) is 0 Å². The van der Waals surface area contributed by atoms with E-state index >= 15 is 0 Å². The van der Waals surface area contributed by atoms with Gasteiger partial charge >= 0.3 is 0 Å². The zero-order valence-corrected chi connectivity index (χ0v) is 9.31. The predicted octanol–water partition coefficient (Wildman–Crippen LogP) is 0.865. The molecule has 0 radical (unpaired) electrons. The molecule has 0 fully saturated rings. The van der Waals surface area contributed by atoms with Crippen molar-refractivity contribution in [3.8, 4) is 0 Å². The van der Waals surface area contributed by atoms with E-state index in [0.29, 0.717) is 5.82 Å². The van der Waals surface area contributed by atoms with Crippen molar-refractivity contribution in [2.24, 2.45) is 0 Å². The van der Waals surface area contributed by atoms with E-state index in [-0.39, 0.29) is 5.91 Å². The Labute approximate surface area is 87.1 Å². The average Bonchev–Trinajstić information content (AvgIpc) is 2.56. The summed E-state index contributed by atoms with van der Waals surface area (Å²) < 4.78 is 3.66. The Hall–Kier alpha value is -1.01. The van der Waals surface area contributed by atoms with Crippen molar-refractivity contribution in [3.05, 3.63) is 5.38 Å². The van der Waals surface area contributed by atoms with Gasteiger partial charge in [-0.15, -0.1) is 5.10 Å². The van der Waals surface area contributed by atoms with Crippen LogP contribution in [0.25, 0.3) is 0 Å². The maximum atomic E-state index is 11.7. The van der Waals surface area contributed by atoms with Crippen LogP contribution >= 0.6 is 11.5 Å². The second-order valence-electron chi connectivity index (χ2n) is 3.40. The summed E-state index contributed by atoms with van der Waals surface area (Å²) in [6, 6.07) is 0. The first-order valence-electron chi connectivity index (χ1n) is 4.40. The van der Waals surface area contributed by atoms with Crippen LogP contribution in [0.1, 0.15) is 20.8 Å². The molecule has 5 nitrogen and oxygen atoms in total. The normalized spacial score (nSPS) is 11.4. The lowest BCUT2D eigenvalue weighted by molar-refractivity contribution is -0.121. The Morgan fingerprint density at radius 2 is 2.36 bits per heavy atom. The SMILES string of the molecule is CCNC(C)(C)C(=O)Nc1csnn1. The van der Waals surface area contributed by atoms with Crippen LogP contribution in [0.3, 0.4) is 0 Å². The molecule has 0 unspecified atom stereocenters. The fraction of sp³-hybridized carbons (Fsp3) is 0.625. The van der Waals surface area contributed by atoms with E-state index in [1.165, 1.54) is 11.5 Å². The van der Waals surface area contributed by atoms with E-state index in [1.54, 1.807) is 5.38 Å². The van der Waals surface area contributed by atoms with Crippen LogP contribution in [-0.4, -0.2) is 27.6 Å². The lowest BCUT2D eigenvalue weighted by Gasteiger charge is -2.23. The van der Waals surface area contributed by atoms with E-state index in [9.17, 15) is 4.79 Å². The molecule has 78 valence electrons. The van der Waals surface area contributed by atoms with Crippen molar-refractivity contribution >= 4 is 23.3 Å². The van der Waals surface area contributed by atoms with Crippen molar-refractivity contribution in [2.75, 3.05) is 11.9 Å². The summed E-state index contributed by atoms with van der Waals surface area (Å²) in [5.41, 5.74) is -0.585. The van der Waals surface area contributed by atoms with Crippen LogP contribution in [0.2, 0.25) is 0 Å². The molecule has 6 heteroatoms. The number of nitrogens with one attached hydrogen (secondary N) is 2. The molecule has 0 atom stereocenters. The topological polar surface area (TPSA) is 66.9 Å². The molecule has 1 rings (SSSR count). The number of anilines is 1. The maximum absolute atomic E-state index is 11.7. The number of likely N-dealkylation sites (N-methyl/N-ethyl adjacent to an activating group) is 1. The molecule has 0 bridgehead atoms. The average molecular weight is 214 g/mol. The minimum atomic E-state index is -0.585. The Balaban J connectivity index is 2.57. The molecule has 0 saturated heterocycles. The maximum Gasteiger partial charge on any atom is 0.245 e. The molecule has 1 aromatic heterocycles. The highest BCUT2D eigenvalue weighted by molar-refractivity contribution is 7.03. The third-order valence-electron chi connectivity index (χ3n) is 1.79. The summed E-state index contributed by atoms with van der Waals surface area (Å²) in [4.78, 5) is 11.7. The summed E-state index contributed by atoms with van der Waals surface area (Å²) in [6.45, 7) is 6.35. The van der Waals surface area contributed by atoms with Gasteiger partial charge in [-0.3, -0.25) is 4.79 Å². The van der Waals surface area contributed by atoms with Crippen molar-refractivity contribution in [2.45, 2.75) is 26.3 Å². The number of rotatable bonds is 4. The molecule has 0 saturated carbocycles. The first-order chi connectivity index (χ1) is 6.56. The highest BCUT2D eigenvalue weighted by Gasteiger charge is 2.26. The first kappa shape index (κ1) is 11.1. The standard InChI is InChI=1S/C8H14N4OS/c1-4-9-8(2,3)7(13)10-6-5-14-12-11-6/h5,9H,4H2,1-3H3,(H,10,13). The fourth-order valence-electron chi connectivity index (χ4n) is 1.01. The molecule has 0 aromatic carbocycles. The number of aromatic nitrogens is 2. The van der Waals surface area contributed by atoms with Gasteiger partial charge in [-0.2, -0.15) is 0 Å². The van der Waals surface area contributed by atoms with Gasteiger partial charge in [0.1, 0.15) is 0 Å². The number of amides is 1. The van der Waals surface area contributed by atoms with E-state index < -0.39 is 5.54 Å². The van der Waals surface area contributed by atoms with Crippen molar-refractivity contribution in [1.29, 1.82) is 0 Å². The molecule has 1 amide bonds. The van der Waals surface area contributed by atoms with Crippen LogP contribution in [-0.2, 0) is 4.79 Å². The quantitative estimate of drug-likeness (QED) is 0.780. The summed E-state index contributed by atoms with van der Waals surface area (Å²) in [6.07, 6.45) is 0. The summed E-state index contributed by atoms with van der Waals surface area (Å²) in [7, 11) is 0. The van der Waals surface area contributed by atoms with E-state index in [4.69, 9.17) is 0 Å². The van der Waals surface area contributed by atoms with Gasteiger partial charge in [0, 0.05) is 0 Å². The number of carbonyl (C=O) groups excluding carboxylic acids is 1. The monoisotopic (exact) mass is 214 g/mol. The van der Waals surface area contributed by atoms with Crippen molar-refractivity contribution < 1.29 is 4.79 Å². The second-order valence-corrected chi connectivity index (χ2v) is 4.01. The highest BCUT2D eigenvalue weighted by atomic mass is 32.1. The predicted molar refractivity (Wildman–Crippen MR) is 56.3 cm³/mol. The van der Waals surface area contributed by atoms with Gasteiger partial charge in [-0.25, -0.2) is 0 Å². The number of nitrogens with zero attached hydrogens (tertiary/aromatic N) is 2. The van der Waals surface area contributed by atoms with Crippen LogP contribution < -0.4 is 10.6 Å². The molecule has 0 aliphatic carbocycles. The lowest BCUT2D eigenvalue weighted by Crippen LogP contribution is -2.49. The third-order valence-corrected chi connectivity index (χ3v) is 2.29.